The minimum Gasteiger partial charge on any atom is -0.497 e. The van der Waals surface area contributed by atoms with Crippen LogP contribution in [0.4, 0.5) is 21.3 Å². The summed E-state index contributed by atoms with van der Waals surface area (Å²) in [6, 6.07) is 16.7. The Bertz CT molecular complexity index is 1030. The number of aromatic nitrogens is 1. The number of hydrogen-bond acceptors (Lipinski definition) is 6. The number of thiazole rings is 1. The zero-order valence-corrected chi connectivity index (χ0v) is 17.9. The van der Waals surface area contributed by atoms with Crippen molar-refractivity contribution in [2.75, 3.05) is 48.8 Å². The molecule has 1 aromatic heterocycles. The van der Waals surface area contributed by atoms with E-state index in [1.807, 2.05) is 42.5 Å². The number of nitrogens with zero attached hydrogens (tertiary/aromatic N) is 3. The van der Waals surface area contributed by atoms with Crippen molar-refractivity contribution in [2.45, 2.75) is 0 Å². The second kappa shape index (κ2) is 9.48. The van der Waals surface area contributed by atoms with Crippen LogP contribution in [-0.4, -0.2) is 55.1 Å². The molecule has 9 heteroatoms. The lowest BCUT2D eigenvalue weighted by Gasteiger charge is -2.35. The molecule has 0 atom stereocenters. The summed E-state index contributed by atoms with van der Waals surface area (Å²) in [5.74, 6) is 0.699. The summed E-state index contributed by atoms with van der Waals surface area (Å²) in [6.07, 6.45) is 0. The number of methoxy groups -OCH3 is 1. The molecule has 2 heterocycles. The molecule has 1 fully saturated rings. The Morgan fingerprint density at radius 1 is 0.968 bits per heavy atom. The lowest BCUT2D eigenvalue weighted by Crippen LogP contribution is -2.48. The highest BCUT2D eigenvalue weighted by molar-refractivity contribution is 7.14. The molecule has 3 aromatic rings. The van der Waals surface area contributed by atoms with E-state index >= 15 is 0 Å². The molecule has 0 bridgehead atoms. The Morgan fingerprint density at radius 2 is 1.68 bits per heavy atom. The lowest BCUT2D eigenvalue weighted by molar-refractivity contribution is 0.0741. The van der Waals surface area contributed by atoms with Gasteiger partial charge in [0, 0.05) is 42.9 Å². The minimum atomic E-state index is -0.396. The van der Waals surface area contributed by atoms with Crippen LogP contribution in [0.2, 0.25) is 0 Å². The molecule has 2 aromatic carbocycles. The van der Waals surface area contributed by atoms with Crippen LogP contribution in [0.15, 0.2) is 60.0 Å². The van der Waals surface area contributed by atoms with Gasteiger partial charge in [0.2, 0.25) is 0 Å². The van der Waals surface area contributed by atoms with Crippen LogP contribution in [0, 0.1) is 0 Å². The van der Waals surface area contributed by atoms with Crippen molar-refractivity contribution in [2.24, 2.45) is 0 Å². The fourth-order valence-electron chi connectivity index (χ4n) is 3.33. The first-order chi connectivity index (χ1) is 15.1. The Morgan fingerprint density at radius 3 is 2.35 bits per heavy atom. The van der Waals surface area contributed by atoms with E-state index in [-0.39, 0.29) is 5.91 Å². The van der Waals surface area contributed by atoms with E-state index in [0.29, 0.717) is 29.6 Å². The molecule has 0 aliphatic carbocycles. The molecule has 0 spiro atoms. The van der Waals surface area contributed by atoms with Gasteiger partial charge in [0.15, 0.2) is 5.13 Å². The van der Waals surface area contributed by atoms with Crippen LogP contribution >= 0.6 is 11.3 Å². The molecule has 1 aliphatic rings. The summed E-state index contributed by atoms with van der Waals surface area (Å²) in [7, 11) is 1.65. The Labute approximate surface area is 184 Å². The van der Waals surface area contributed by atoms with Crippen molar-refractivity contribution >= 4 is 39.8 Å². The number of nitrogens with one attached hydrogen (secondary N) is 2. The van der Waals surface area contributed by atoms with E-state index < -0.39 is 6.03 Å². The van der Waals surface area contributed by atoms with Gasteiger partial charge in [-0.2, -0.15) is 0 Å². The normalized spacial score (nSPS) is 13.6. The smallest absolute Gasteiger partial charge is 0.325 e. The van der Waals surface area contributed by atoms with Gasteiger partial charge in [-0.15, -0.1) is 11.3 Å². The third kappa shape index (κ3) is 5.13. The van der Waals surface area contributed by atoms with Gasteiger partial charge in [-0.3, -0.25) is 10.1 Å². The van der Waals surface area contributed by atoms with Gasteiger partial charge in [0.05, 0.1) is 7.11 Å². The van der Waals surface area contributed by atoms with Crippen molar-refractivity contribution in [1.29, 1.82) is 0 Å². The van der Waals surface area contributed by atoms with Crippen LogP contribution < -0.4 is 20.3 Å². The van der Waals surface area contributed by atoms with Crippen LogP contribution in [0.3, 0.4) is 0 Å². The third-order valence-corrected chi connectivity index (χ3v) is 5.74. The molecular weight excluding hydrogens is 414 g/mol. The van der Waals surface area contributed by atoms with E-state index in [4.69, 9.17) is 4.74 Å². The second-order valence-electron chi connectivity index (χ2n) is 6.96. The van der Waals surface area contributed by atoms with Crippen molar-refractivity contribution in [3.63, 3.8) is 0 Å². The first-order valence-corrected chi connectivity index (χ1v) is 10.8. The number of carbonyl (C=O) groups excluding carboxylic acids is 2. The van der Waals surface area contributed by atoms with Gasteiger partial charge in [-0.1, -0.05) is 18.2 Å². The lowest BCUT2D eigenvalue weighted by atomic mass is 10.2. The van der Waals surface area contributed by atoms with Crippen molar-refractivity contribution < 1.29 is 14.3 Å². The summed E-state index contributed by atoms with van der Waals surface area (Å²) in [4.78, 5) is 33.3. The highest BCUT2D eigenvalue weighted by Crippen LogP contribution is 2.22. The maximum atomic E-state index is 12.8. The Balaban J connectivity index is 1.30. The van der Waals surface area contributed by atoms with Gasteiger partial charge < -0.3 is 19.9 Å². The van der Waals surface area contributed by atoms with E-state index in [9.17, 15) is 9.59 Å². The number of rotatable bonds is 5. The molecule has 0 radical (unpaired) electrons. The molecule has 4 rings (SSSR count). The fraction of sp³-hybridized carbons (Fsp3) is 0.227. The topological polar surface area (TPSA) is 86.8 Å². The van der Waals surface area contributed by atoms with Crippen LogP contribution in [0.25, 0.3) is 0 Å². The Kier molecular flexibility index (Phi) is 6.32. The Hall–Kier alpha value is -3.59. The summed E-state index contributed by atoms with van der Waals surface area (Å²) in [5, 5.41) is 7.46. The van der Waals surface area contributed by atoms with E-state index in [0.717, 1.165) is 24.5 Å². The SMILES string of the molecule is COc1ccc(N2CCN(C(=O)c3csc(NC(=O)Nc4ccccc4)n3)CC2)cc1. The highest BCUT2D eigenvalue weighted by atomic mass is 32.1. The van der Waals surface area contributed by atoms with Crippen LogP contribution in [0.5, 0.6) is 5.75 Å². The fourth-order valence-corrected chi connectivity index (χ4v) is 4.01. The summed E-state index contributed by atoms with van der Waals surface area (Å²) in [6.45, 7) is 2.71. The average Bonchev–Trinajstić information content (AvgIpc) is 3.27. The number of amides is 3. The van der Waals surface area contributed by atoms with Crippen molar-refractivity contribution in [3.05, 3.63) is 65.7 Å². The van der Waals surface area contributed by atoms with Gasteiger partial charge in [-0.25, -0.2) is 9.78 Å². The minimum absolute atomic E-state index is 0.123. The predicted molar refractivity (Wildman–Crippen MR) is 122 cm³/mol. The van der Waals surface area contributed by atoms with Crippen LogP contribution in [-0.2, 0) is 0 Å². The van der Waals surface area contributed by atoms with Crippen molar-refractivity contribution in [1.82, 2.24) is 9.88 Å². The zero-order chi connectivity index (χ0) is 21.6. The average molecular weight is 438 g/mol. The molecule has 2 N–H and O–H groups in total. The van der Waals surface area contributed by atoms with E-state index in [2.05, 4.69) is 20.5 Å². The van der Waals surface area contributed by atoms with Gasteiger partial charge in [-0.05, 0) is 36.4 Å². The maximum Gasteiger partial charge on any atom is 0.325 e. The standard InChI is InChI=1S/C22H23N5O3S/c1-30-18-9-7-17(8-10-18)26-11-13-27(14-12-26)20(28)19-15-31-22(24-19)25-21(29)23-16-5-3-2-4-6-16/h2-10,15H,11-14H2,1H3,(H2,23,24,25,29). The number of hydrogen-bond donors (Lipinski definition) is 2. The number of benzene rings is 2. The third-order valence-electron chi connectivity index (χ3n) is 4.98. The predicted octanol–water partition coefficient (Wildman–Crippen LogP) is 3.76. The molecule has 31 heavy (non-hydrogen) atoms. The van der Waals surface area contributed by atoms with Gasteiger partial charge >= 0.3 is 6.03 Å². The van der Waals surface area contributed by atoms with E-state index in [1.165, 1.54) is 11.3 Å². The largest absolute Gasteiger partial charge is 0.497 e. The first-order valence-electron chi connectivity index (χ1n) is 9.89. The number of para-hydroxylation sites is 1. The van der Waals surface area contributed by atoms with Crippen molar-refractivity contribution in [3.8, 4) is 5.75 Å². The number of piperazine rings is 1. The van der Waals surface area contributed by atoms with Gasteiger partial charge in [0.25, 0.3) is 5.91 Å². The molecule has 8 nitrogen and oxygen atoms in total. The first kappa shape index (κ1) is 20.7. The molecule has 1 aliphatic heterocycles. The summed E-state index contributed by atoms with van der Waals surface area (Å²) < 4.78 is 5.20. The quantitative estimate of drug-likeness (QED) is 0.635. The molecule has 0 unspecified atom stereocenters. The number of anilines is 3. The number of carbonyl (C=O) groups is 2. The van der Waals surface area contributed by atoms with Gasteiger partial charge in [0.1, 0.15) is 11.4 Å². The molecule has 3 amide bonds. The van der Waals surface area contributed by atoms with Crippen LogP contribution in [0.1, 0.15) is 10.5 Å². The molecular formula is C22H23N5O3S. The van der Waals surface area contributed by atoms with E-state index in [1.54, 1.807) is 29.5 Å². The molecule has 160 valence electrons. The maximum absolute atomic E-state index is 12.8. The molecule has 0 saturated carbocycles. The molecule has 1 saturated heterocycles. The number of urea groups is 1. The number of ether oxygens (including phenoxy) is 1. The highest BCUT2D eigenvalue weighted by Gasteiger charge is 2.24. The monoisotopic (exact) mass is 437 g/mol. The zero-order valence-electron chi connectivity index (χ0n) is 17.1. The summed E-state index contributed by atoms with van der Waals surface area (Å²) >= 11 is 1.23. The second-order valence-corrected chi connectivity index (χ2v) is 7.82. The summed E-state index contributed by atoms with van der Waals surface area (Å²) in [5.41, 5.74) is 2.14.